The molecule has 0 aromatic heterocycles. The molecule has 1 nitrogen and oxygen atoms in total. The highest BCUT2D eigenvalue weighted by atomic mass is 14.7. The van der Waals surface area contributed by atoms with Gasteiger partial charge in [0.1, 0.15) is 0 Å². The number of aryl methyl sites for hydroxylation is 2. The van der Waals surface area contributed by atoms with E-state index in [0.29, 0.717) is 5.41 Å². The van der Waals surface area contributed by atoms with Gasteiger partial charge in [0.25, 0.3) is 0 Å². The van der Waals surface area contributed by atoms with Crippen LogP contribution >= 0.6 is 0 Å². The highest BCUT2D eigenvalue weighted by Gasteiger charge is 2.52. The molecule has 17 heavy (non-hydrogen) atoms. The number of hydrogen-bond acceptors (Lipinski definition) is 1. The fraction of sp³-hybridized carbons (Fsp3) is 0.625. The van der Waals surface area contributed by atoms with Gasteiger partial charge in [0.2, 0.25) is 0 Å². The minimum absolute atomic E-state index is 0.426. The van der Waals surface area contributed by atoms with Crippen molar-refractivity contribution < 1.29 is 0 Å². The predicted octanol–water partition coefficient (Wildman–Crippen LogP) is 3.22. The van der Waals surface area contributed by atoms with E-state index in [1.807, 2.05) is 0 Å². The van der Waals surface area contributed by atoms with E-state index in [1.165, 1.54) is 42.4 Å². The molecule has 0 spiro atoms. The Labute approximate surface area is 104 Å². The highest BCUT2D eigenvalue weighted by Crippen LogP contribution is 2.60. The Bertz CT molecular complexity index is 425. The standard InChI is InChI=1S/C16H23N/c1-11-3-4-13(5-12(11)2)7-16(10-17)8-14-6-15(14)9-16/h3-5,14-15H,6-10,17H2,1-2H3. The van der Waals surface area contributed by atoms with Crippen LogP contribution in [-0.2, 0) is 6.42 Å². The van der Waals surface area contributed by atoms with Crippen LogP contribution in [0.4, 0.5) is 0 Å². The first-order valence-electron chi connectivity index (χ1n) is 6.88. The molecule has 92 valence electrons. The molecule has 2 saturated carbocycles. The molecule has 1 aromatic carbocycles. The van der Waals surface area contributed by atoms with E-state index in [-0.39, 0.29) is 0 Å². The summed E-state index contributed by atoms with van der Waals surface area (Å²) in [5, 5.41) is 0. The molecular formula is C16H23N. The van der Waals surface area contributed by atoms with Crippen LogP contribution in [0, 0.1) is 31.1 Å². The average Bonchev–Trinajstić information content (AvgIpc) is 2.93. The van der Waals surface area contributed by atoms with Gasteiger partial charge >= 0.3 is 0 Å². The summed E-state index contributed by atoms with van der Waals surface area (Å²) in [4.78, 5) is 0. The maximum Gasteiger partial charge on any atom is -0.00171 e. The van der Waals surface area contributed by atoms with E-state index >= 15 is 0 Å². The molecule has 0 radical (unpaired) electrons. The van der Waals surface area contributed by atoms with Crippen LogP contribution in [0.25, 0.3) is 0 Å². The summed E-state index contributed by atoms with van der Waals surface area (Å²) in [6.45, 7) is 5.26. The molecule has 0 amide bonds. The van der Waals surface area contributed by atoms with Crippen molar-refractivity contribution in [3.8, 4) is 0 Å². The first kappa shape index (κ1) is 11.3. The normalized spacial score (nSPS) is 34.8. The third-order valence-corrected chi connectivity index (χ3v) is 5.04. The van der Waals surface area contributed by atoms with Crippen LogP contribution in [0.1, 0.15) is 36.0 Å². The van der Waals surface area contributed by atoms with Crippen LogP contribution in [0.2, 0.25) is 0 Å². The zero-order valence-electron chi connectivity index (χ0n) is 11.0. The van der Waals surface area contributed by atoms with Crippen LogP contribution in [0.5, 0.6) is 0 Å². The molecular weight excluding hydrogens is 206 g/mol. The van der Waals surface area contributed by atoms with Gasteiger partial charge in [-0.15, -0.1) is 0 Å². The molecule has 0 saturated heterocycles. The van der Waals surface area contributed by atoms with Gasteiger partial charge in [-0.05, 0) is 80.0 Å². The van der Waals surface area contributed by atoms with Crippen LogP contribution in [0.3, 0.4) is 0 Å². The van der Waals surface area contributed by atoms with Gasteiger partial charge in [-0.1, -0.05) is 18.2 Å². The molecule has 0 heterocycles. The van der Waals surface area contributed by atoms with Gasteiger partial charge in [0.05, 0.1) is 0 Å². The van der Waals surface area contributed by atoms with E-state index in [9.17, 15) is 0 Å². The molecule has 1 aromatic rings. The topological polar surface area (TPSA) is 26.0 Å². The average molecular weight is 229 g/mol. The summed E-state index contributed by atoms with van der Waals surface area (Å²) in [6, 6.07) is 6.91. The summed E-state index contributed by atoms with van der Waals surface area (Å²) in [5.74, 6) is 2.04. The second-order valence-corrected chi connectivity index (χ2v) is 6.46. The quantitative estimate of drug-likeness (QED) is 0.846. The maximum atomic E-state index is 6.07. The van der Waals surface area contributed by atoms with Crippen molar-refractivity contribution in [1.29, 1.82) is 0 Å². The van der Waals surface area contributed by atoms with Crippen molar-refractivity contribution in [2.24, 2.45) is 23.0 Å². The van der Waals surface area contributed by atoms with Crippen LogP contribution < -0.4 is 5.73 Å². The molecule has 1 heteroatoms. The van der Waals surface area contributed by atoms with Crippen molar-refractivity contribution in [3.05, 3.63) is 34.9 Å². The number of nitrogens with two attached hydrogens (primary N) is 1. The van der Waals surface area contributed by atoms with E-state index < -0.39 is 0 Å². The largest absolute Gasteiger partial charge is 0.330 e. The molecule has 2 N–H and O–H groups in total. The first-order chi connectivity index (χ1) is 8.12. The molecule has 0 aliphatic heterocycles. The maximum absolute atomic E-state index is 6.07. The Hall–Kier alpha value is -0.820. The summed E-state index contributed by atoms with van der Waals surface area (Å²) < 4.78 is 0. The Morgan fingerprint density at radius 2 is 1.88 bits per heavy atom. The molecule has 3 rings (SSSR count). The van der Waals surface area contributed by atoms with Gasteiger partial charge in [-0.25, -0.2) is 0 Å². The van der Waals surface area contributed by atoms with Gasteiger partial charge in [0.15, 0.2) is 0 Å². The number of rotatable bonds is 3. The van der Waals surface area contributed by atoms with Gasteiger partial charge in [0, 0.05) is 0 Å². The zero-order valence-corrected chi connectivity index (χ0v) is 11.0. The smallest absolute Gasteiger partial charge is 0.00171 e. The molecule has 2 aliphatic rings. The van der Waals surface area contributed by atoms with Crippen LogP contribution in [-0.4, -0.2) is 6.54 Å². The predicted molar refractivity (Wildman–Crippen MR) is 71.9 cm³/mol. The lowest BCUT2D eigenvalue weighted by molar-refractivity contribution is 0.273. The molecule has 2 fully saturated rings. The van der Waals surface area contributed by atoms with E-state index in [0.717, 1.165) is 18.4 Å². The number of hydrogen-bond donors (Lipinski definition) is 1. The lowest BCUT2D eigenvalue weighted by Crippen LogP contribution is -2.31. The molecule has 2 aliphatic carbocycles. The monoisotopic (exact) mass is 229 g/mol. The van der Waals surface area contributed by atoms with Crippen molar-refractivity contribution >= 4 is 0 Å². The summed E-state index contributed by atoms with van der Waals surface area (Å²) >= 11 is 0. The number of benzene rings is 1. The molecule has 2 atom stereocenters. The van der Waals surface area contributed by atoms with E-state index in [4.69, 9.17) is 5.73 Å². The molecule has 2 unspecified atom stereocenters. The first-order valence-corrected chi connectivity index (χ1v) is 6.88. The second kappa shape index (κ2) is 3.84. The minimum Gasteiger partial charge on any atom is -0.330 e. The molecule has 0 bridgehead atoms. The Morgan fingerprint density at radius 3 is 2.47 bits per heavy atom. The van der Waals surface area contributed by atoms with Gasteiger partial charge < -0.3 is 5.73 Å². The highest BCUT2D eigenvalue weighted by molar-refractivity contribution is 5.31. The summed E-state index contributed by atoms with van der Waals surface area (Å²) in [7, 11) is 0. The van der Waals surface area contributed by atoms with E-state index in [2.05, 4.69) is 32.0 Å². The van der Waals surface area contributed by atoms with Gasteiger partial charge in [-0.3, -0.25) is 0 Å². The van der Waals surface area contributed by atoms with Crippen LogP contribution in [0.15, 0.2) is 18.2 Å². The van der Waals surface area contributed by atoms with E-state index in [1.54, 1.807) is 0 Å². The fourth-order valence-electron chi connectivity index (χ4n) is 3.74. The Balaban J connectivity index is 1.78. The Morgan fingerprint density at radius 1 is 1.18 bits per heavy atom. The zero-order chi connectivity index (χ0) is 12.0. The third-order valence-electron chi connectivity index (χ3n) is 5.04. The summed E-state index contributed by atoms with van der Waals surface area (Å²) in [6.07, 6.45) is 5.43. The van der Waals surface area contributed by atoms with Crippen molar-refractivity contribution in [2.45, 2.75) is 39.5 Å². The van der Waals surface area contributed by atoms with Crippen molar-refractivity contribution in [1.82, 2.24) is 0 Å². The lowest BCUT2D eigenvalue weighted by Gasteiger charge is -2.29. The van der Waals surface area contributed by atoms with Gasteiger partial charge in [-0.2, -0.15) is 0 Å². The Kier molecular flexibility index (Phi) is 2.55. The fourth-order valence-corrected chi connectivity index (χ4v) is 3.74. The van der Waals surface area contributed by atoms with Crippen molar-refractivity contribution in [2.75, 3.05) is 6.54 Å². The lowest BCUT2D eigenvalue weighted by atomic mass is 9.77. The number of fused-ring (bicyclic) bond motifs is 1. The van der Waals surface area contributed by atoms with Crippen molar-refractivity contribution in [3.63, 3.8) is 0 Å². The third kappa shape index (κ3) is 2.01. The second-order valence-electron chi connectivity index (χ2n) is 6.46. The minimum atomic E-state index is 0.426. The summed E-state index contributed by atoms with van der Waals surface area (Å²) in [5.41, 5.74) is 10.8. The SMILES string of the molecule is Cc1ccc(CC2(CN)CC3CC3C2)cc1C.